The van der Waals surface area contributed by atoms with Crippen molar-refractivity contribution in [1.82, 2.24) is 9.80 Å². The highest BCUT2D eigenvalue weighted by Crippen LogP contribution is 2.15. The van der Waals surface area contributed by atoms with E-state index in [1.165, 1.54) is 7.11 Å². The van der Waals surface area contributed by atoms with E-state index >= 15 is 0 Å². The zero-order chi connectivity index (χ0) is 11.4. The van der Waals surface area contributed by atoms with Crippen molar-refractivity contribution < 1.29 is 9.53 Å². The lowest BCUT2D eigenvalue weighted by Crippen LogP contribution is -2.56. The van der Waals surface area contributed by atoms with Crippen LogP contribution in [0.25, 0.3) is 0 Å². The number of carbonyl (C=O) groups is 1. The number of hydrogen-bond acceptors (Lipinski definition) is 4. The highest BCUT2D eigenvalue weighted by Gasteiger charge is 2.31. The number of esters is 1. The molecule has 2 unspecified atom stereocenters. The monoisotopic (exact) mass is 214 g/mol. The Hall–Kier alpha value is -0.610. The van der Waals surface area contributed by atoms with Crippen LogP contribution in [0.15, 0.2) is 0 Å². The van der Waals surface area contributed by atoms with E-state index in [-0.39, 0.29) is 12.0 Å². The quantitative estimate of drug-likeness (QED) is 0.643. The van der Waals surface area contributed by atoms with E-state index in [1.54, 1.807) is 0 Å². The fraction of sp³-hybridized carbons (Fsp3) is 0.909. The summed E-state index contributed by atoms with van der Waals surface area (Å²) in [6, 6.07) is 0.353. The van der Waals surface area contributed by atoms with E-state index in [0.717, 1.165) is 26.1 Å². The van der Waals surface area contributed by atoms with Gasteiger partial charge in [-0.15, -0.1) is 0 Å². The molecule has 1 aliphatic heterocycles. The molecule has 0 bridgehead atoms. The van der Waals surface area contributed by atoms with Crippen molar-refractivity contribution >= 4 is 5.97 Å². The zero-order valence-electron chi connectivity index (χ0n) is 10.2. The summed E-state index contributed by atoms with van der Waals surface area (Å²) in [6.45, 7) is 7.20. The highest BCUT2D eigenvalue weighted by atomic mass is 16.5. The van der Waals surface area contributed by atoms with Crippen LogP contribution in [0.5, 0.6) is 0 Å². The maximum Gasteiger partial charge on any atom is 0.323 e. The summed E-state index contributed by atoms with van der Waals surface area (Å²) < 4.78 is 4.84. The number of nitrogens with zero attached hydrogens (tertiary/aromatic N) is 2. The molecule has 0 saturated carbocycles. The molecule has 2 atom stereocenters. The van der Waals surface area contributed by atoms with E-state index in [4.69, 9.17) is 4.74 Å². The molecule has 0 aromatic heterocycles. The molecule has 0 aromatic carbocycles. The minimum atomic E-state index is -0.103. The molecular formula is C11H22N2O2. The van der Waals surface area contributed by atoms with Crippen molar-refractivity contribution in [3.05, 3.63) is 0 Å². The minimum Gasteiger partial charge on any atom is -0.468 e. The van der Waals surface area contributed by atoms with Gasteiger partial charge in [0.2, 0.25) is 0 Å². The molecule has 88 valence electrons. The third kappa shape index (κ3) is 2.92. The van der Waals surface area contributed by atoms with Crippen LogP contribution in [0.4, 0.5) is 0 Å². The average molecular weight is 214 g/mol. The van der Waals surface area contributed by atoms with Gasteiger partial charge in [-0.05, 0) is 20.4 Å². The SMILES string of the molecule is CCC(C(=O)OC)N1CCN(C)CC1C. The Balaban J connectivity index is 2.63. The first-order valence-electron chi connectivity index (χ1n) is 5.62. The molecule has 1 fully saturated rings. The first-order valence-corrected chi connectivity index (χ1v) is 5.62. The molecular weight excluding hydrogens is 192 g/mol. The van der Waals surface area contributed by atoms with Crippen molar-refractivity contribution in [2.75, 3.05) is 33.8 Å². The van der Waals surface area contributed by atoms with Crippen molar-refractivity contribution in [3.63, 3.8) is 0 Å². The number of methoxy groups -OCH3 is 1. The molecule has 1 aliphatic rings. The number of rotatable bonds is 3. The second-order valence-electron chi connectivity index (χ2n) is 4.30. The summed E-state index contributed by atoms with van der Waals surface area (Å²) in [4.78, 5) is 16.1. The second kappa shape index (κ2) is 5.47. The summed E-state index contributed by atoms with van der Waals surface area (Å²) in [5.74, 6) is -0.103. The van der Waals surface area contributed by atoms with Crippen LogP contribution < -0.4 is 0 Å². The van der Waals surface area contributed by atoms with Gasteiger partial charge < -0.3 is 9.64 Å². The molecule has 4 heteroatoms. The Morgan fingerprint density at radius 1 is 1.53 bits per heavy atom. The van der Waals surface area contributed by atoms with Crippen LogP contribution in [0, 0.1) is 0 Å². The number of carbonyl (C=O) groups excluding carboxylic acids is 1. The van der Waals surface area contributed by atoms with Gasteiger partial charge in [-0.1, -0.05) is 6.92 Å². The Labute approximate surface area is 92.2 Å². The molecule has 15 heavy (non-hydrogen) atoms. The van der Waals surface area contributed by atoms with E-state index in [2.05, 4.69) is 23.8 Å². The van der Waals surface area contributed by atoms with Gasteiger partial charge in [0, 0.05) is 25.7 Å². The lowest BCUT2D eigenvalue weighted by Gasteiger charge is -2.41. The van der Waals surface area contributed by atoms with E-state index in [1.807, 2.05) is 6.92 Å². The fourth-order valence-electron chi connectivity index (χ4n) is 2.29. The fourth-order valence-corrected chi connectivity index (χ4v) is 2.29. The van der Waals surface area contributed by atoms with Crippen LogP contribution >= 0.6 is 0 Å². The molecule has 0 N–H and O–H groups in total. The molecule has 0 aliphatic carbocycles. The number of likely N-dealkylation sites (N-methyl/N-ethyl adjacent to an activating group) is 1. The normalized spacial score (nSPS) is 26.3. The summed E-state index contributed by atoms with van der Waals surface area (Å²) in [6.07, 6.45) is 0.820. The predicted molar refractivity (Wildman–Crippen MR) is 59.8 cm³/mol. The molecule has 0 aromatic rings. The largest absolute Gasteiger partial charge is 0.468 e. The summed E-state index contributed by atoms with van der Waals surface area (Å²) in [5, 5.41) is 0. The molecule has 4 nitrogen and oxygen atoms in total. The second-order valence-corrected chi connectivity index (χ2v) is 4.30. The highest BCUT2D eigenvalue weighted by molar-refractivity contribution is 5.75. The number of ether oxygens (including phenoxy) is 1. The molecule has 1 heterocycles. The number of hydrogen-bond donors (Lipinski definition) is 0. The lowest BCUT2D eigenvalue weighted by molar-refractivity contribution is -0.149. The molecule has 0 amide bonds. The summed E-state index contributed by atoms with van der Waals surface area (Å²) >= 11 is 0. The maximum absolute atomic E-state index is 11.6. The van der Waals surface area contributed by atoms with Crippen LogP contribution in [-0.2, 0) is 9.53 Å². The van der Waals surface area contributed by atoms with E-state index in [0.29, 0.717) is 6.04 Å². The molecule has 1 rings (SSSR count). The Morgan fingerprint density at radius 2 is 2.20 bits per heavy atom. The number of piperazine rings is 1. The molecule has 0 radical (unpaired) electrons. The van der Waals surface area contributed by atoms with Crippen LogP contribution in [0.2, 0.25) is 0 Å². The maximum atomic E-state index is 11.6. The lowest BCUT2D eigenvalue weighted by atomic mass is 10.1. The third-order valence-electron chi connectivity index (χ3n) is 3.14. The van der Waals surface area contributed by atoms with E-state index in [9.17, 15) is 4.79 Å². The standard InChI is InChI=1S/C11H22N2O2/c1-5-10(11(14)15-4)13-7-6-12(3)8-9(13)2/h9-10H,5-8H2,1-4H3. The molecule has 0 spiro atoms. The van der Waals surface area contributed by atoms with Gasteiger partial charge in [-0.25, -0.2) is 0 Å². The Kier molecular flexibility index (Phi) is 4.54. The van der Waals surface area contributed by atoms with Crippen LogP contribution in [-0.4, -0.2) is 61.6 Å². The van der Waals surface area contributed by atoms with Gasteiger partial charge in [-0.3, -0.25) is 9.69 Å². The molecule has 1 saturated heterocycles. The van der Waals surface area contributed by atoms with E-state index < -0.39 is 0 Å². The summed E-state index contributed by atoms with van der Waals surface area (Å²) in [5.41, 5.74) is 0. The average Bonchev–Trinajstić information content (AvgIpc) is 2.21. The Morgan fingerprint density at radius 3 is 2.67 bits per heavy atom. The van der Waals surface area contributed by atoms with Gasteiger partial charge >= 0.3 is 5.97 Å². The van der Waals surface area contributed by atoms with Gasteiger partial charge in [0.15, 0.2) is 0 Å². The van der Waals surface area contributed by atoms with Gasteiger partial charge in [0.1, 0.15) is 6.04 Å². The Bertz CT molecular complexity index is 221. The third-order valence-corrected chi connectivity index (χ3v) is 3.14. The predicted octanol–water partition coefficient (Wildman–Crippen LogP) is 0.574. The van der Waals surface area contributed by atoms with Crippen LogP contribution in [0.1, 0.15) is 20.3 Å². The first kappa shape index (κ1) is 12.5. The van der Waals surface area contributed by atoms with Crippen molar-refractivity contribution in [3.8, 4) is 0 Å². The van der Waals surface area contributed by atoms with Gasteiger partial charge in [-0.2, -0.15) is 0 Å². The van der Waals surface area contributed by atoms with Crippen molar-refractivity contribution in [2.45, 2.75) is 32.4 Å². The van der Waals surface area contributed by atoms with Crippen molar-refractivity contribution in [1.29, 1.82) is 0 Å². The summed E-state index contributed by atoms with van der Waals surface area (Å²) in [7, 11) is 3.58. The first-order chi connectivity index (χ1) is 7.10. The smallest absolute Gasteiger partial charge is 0.323 e. The van der Waals surface area contributed by atoms with Crippen LogP contribution in [0.3, 0.4) is 0 Å². The van der Waals surface area contributed by atoms with Crippen molar-refractivity contribution in [2.24, 2.45) is 0 Å². The van der Waals surface area contributed by atoms with Gasteiger partial charge in [0.05, 0.1) is 7.11 Å². The van der Waals surface area contributed by atoms with Gasteiger partial charge in [0.25, 0.3) is 0 Å². The minimum absolute atomic E-state index is 0.0706. The zero-order valence-corrected chi connectivity index (χ0v) is 10.2. The topological polar surface area (TPSA) is 32.8 Å².